The third-order valence-electron chi connectivity index (χ3n) is 4.69. The third kappa shape index (κ3) is 4.18. The molecule has 0 aromatic heterocycles. The highest BCUT2D eigenvalue weighted by molar-refractivity contribution is 5.76. The lowest BCUT2D eigenvalue weighted by Crippen LogP contribution is -2.52. The number of amides is 1. The van der Waals surface area contributed by atoms with E-state index in [2.05, 4.69) is 18.7 Å². The van der Waals surface area contributed by atoms with Crippen molar-refractivity contribution >= 4 is 5.91 Å². The highest BCUT2D eigenvalue weighted by atomic mass is 16.2. The van der Waals surface area contributed by atoms with Crippen LogP contribution in [0.2, 0.25) is 0 Å². The Bertz CT molecular complexity index is 279. The lowest BCUT2D eigenvalue weighted by atomic mass is 9.90. The first-order chi connectivity index (χ1) is 9.04. The Labute approximate surface area is 118 Å². The summed E-state index contributed by atoms with van der Waals surface area (Å²) in [6, 6.07) is 0.734. The van der Waals surface area contributed by atoms with Gasteiger partial charge in [0.15, 0.2) is 0 Å². The quantitative estimate of drug-likeness (QED) is 0.798. The Balaban J connectivity index is 2.64. The summed E-state index contributed by atoms with van der Waals surface area (Å²) >= 11 is 0. The van der Waals surface area contributed by atoms with E-state index in [4.69, 9.17) is 5.73 Å². The van der Waals surface area contributed by atoms with E-state index in [1.165, 1.54) is 12.8 Å². The van der Waals surface area contributed by atoms with Gasteiger partial charge in [0, 0.05) is 38.1 Å². The minimum absolute atomic E-state index is 0.200. The van der Waals surface area contributed by atoms with Gasteiger partial charge in [-0.05, 0) is 46.1 Å². The zero-order valence-corrected chi connectivity index (χ0v) is 13.1. The molecule has 4 nitrogen and oxygen atoms in total. The Morgan fingerprint density at radius 2 is 2.00 bits per heavy atom. The van der Waals surface area contributed by atoms with Crippen LogP contribution in [-0.4, -0.2) is 54.0 Å². The molecule has 2 N–H and O–H groups in total. The maximum Gasteiger partial charge on any atom is 0.224 e. The lowest BCUT2D eigenvalue weighted by molar-refractivity contribution is -0.132. The van der Waals surface area contributed by atoms with Crippen LogP contribution in [0.15, 0.2) is 0 Å². The maximum absolute atomic E-state index is 12.2. The molecule has 1 saturated heterocycles. The molecule has 1 fully saturated rings. The van der Waals surface area contributed by atoms with Gasteiger partial charge in [0.25, 0.3) is 0 Å². The normalized spacial score (nSPS) is 26.2. The molecular formula is C15H31N3O. The molecule has 1 heterocycles. The smallest absolute Gasteiger partial charge is 0.224 e. The molecule has 0 bridgehead atoms. The summed E-state index contributed by atoms with van der Waals surface area (Å²) in [4.78, 5) is 16.6. The van der Waals surface area contributed by atoms with Gasteiger partial charge in [0.05, 0.1) is 0 Å². The van der Waals surface area contributed by atoms with E-state index in [1.54, 1.807) is 0 Å². The van der Waals surface area contributed by atoms with Crippen molar-refractivity contribution in [2.75, 3.05) is 26.2 Å². The monoisotopic (exact) mass is 269 g/mol. The van der Waals surface area contributed by atoms with Crippen LogP contribution in [0, 0.1) is 5.92 Å². The van der Waals surface area contributed by atoms with Gasteiger partial charge in [-0.25, -0.2) is 0 Å². The second kappa shape index (κ2) is 7.85. The number of likely N-dealkylation sites (tertiary alicyclic amines) is 1. The van der Waals surface area contributed by atoms with Gasteiger partial charge in [-0.1, -0.05) is 6.92 Å². The molecule has 0 radical (unpaired) electrons. The molecule has 0 aliphatic carbocycles. The van der Waals surface area contributed by atoms with Crippen molar-refractivity contribution in [3.05, 3.63) is 0 Å². The van der Waals surface area contributed by atoms with Gasteiger partial charge in [-0.15, -0.1) is 0 Å². The number of hydrogen-bond donors (Lipinski definition) is 1. The minimum atomic E-state index is 0.200. The molecule has 4 heteroatoms. The molecule has 112 valence electrons. The molecule has 0 aromatic carbocycles. The van der Waals surface area contributed by atoms with Crippen LogP contribution in [0.25, 0.3) is 0 Å². The van der Waals surface area contributed by atoms with Gasteiger partial charge in [-0.2, -0.15) is 0 Å². The van der Waals surface area contributed by atoms with Gasteiger partial charge in [-0.3, -0.25) is 9.69 Å². The molecule has 19 heavy (non-hydrogen) atoms. The number of piperidine rings is 1. The Kier molecular flexibility index (Phi) is 6.80. The number of rotatable bonds is 6. The fraction of sp³-hybridized carbons (Fsp3) is 0.933. The molecule has 1 aliphatic heterocycles. The number of nitrogens with two attached hydrogens (primary N) is 1. The standard InChI is InChI=1S/C15H31N3O/c1-5-17(6-2)15(19)10-14(11-16)18-9-7-8-12(3)13(18)4/h12-14H,5-11,16H2,1-4H3. The number of hydrogen-bond acceptors (Lipinski definition) is 3. The highest BCUT2D eigenvalue weighted by Gasteiger charge is 2.31. The Morgan fingerprint density at radius 3 is 2.53 bits per heavy atom. The van der Waals surface area contributed by atoms with Crippen LogP contribution in [0.1, 0.15) is 47.0 Å². The Hall–Kier alpha value is -0.610. The van der Waals surface area contributed by atoms with Gasteiger partial charge in [0.2, 0.25) is 5.91 Å². The van der Waals surface area contributed by atoms with Crippen molar-refractivity contribution in [2.24, 2.45) is 11.7 Å². The highest BCUT2D eigenvalue weighted by Crippen LogP contribution is 2.25. The van der Waals surface area contributed by atoms with Crippen molar-refractivity contribution in [1.82, 2.24) is 9.80 Å². The van der Waals surface area contributed by atoms with Crippen molar-refractivity contribution < 1.29 is 4.79 Å². The van der Waals surface area contributed by atoms with Gasteiger partial charge >= 0.3 is 0 Å². The minimum Gasteiger partial charge on any atom is -0.343 e. The molecule has 1 rings (SSSR count). The van der Waals surface area contributed by atoms with E-state index in [0.29, 0.717) is 24.9 Å². The maximum atomic E-state index is 12.2. The molecule has 1 amide bonds. The summed E-state index contributed by atoms with van der Waals surface area (Å²) in [6.07, 6.45) is 3.08. The summed E-state index contributed by atoms with van der Waals surface area (Å²) in [5, 5.41) is 0. The van der Waals surface area contributed by atoms with Crippen LogP contribution < -0.4 is 5.73 Å². The first-order valence-corrected chi connectivity index (χ1v) is 7.78. The summed E-state index contributed by atoms with van der Waals surface area (Å²) in [5.74, 6) is 0.942. The fourth-order valence-electron chi connectivity index (χ4n) is 3.13. The van der Waals surface area contributed by atoms with Crippen LogP contribution in [0.4, 0.5) is 0 Å². The fourth-order valence-corrected chi connectivity index (χ4v) is 3.13. The van der Waals surface area contributed by atoms with E-state index in [9.17, 15) is 4.79 Å². The zero-order valence-electron chi connectivity index (χ0n) is 13.1. The topological polar surface area (TPSA) is 49.6 Å². The zero-order chi connectivity index (χ0) is 14.4. The summed E-state index contributed by atoms with van der Waals surface area (Å²) < 4.78 is 0. The van der Waals surface area contributed by atoms with E-state index >= 15 is 0 Å². The van der Waals surface area contributed by atoms with Gasteiger partial charge in [0.1, 0.15) is 0 Å². The second-order valence-electron chi connectivity index (χ2n) is 5.76. The third-order valence-corrected chi connectivity index (χ3v) is 4.69. The Morgan fingerprint density at radius 1 is 1.37 bits per heavy atom. The van der Waals surface area contributed by atoms with Crippen molar-refractivity contribution in [2.45, 2.75) is 59.0 Å². The molecule has 3 unspecified atom stereocenters. The van der Waals surface area contributed by atoms with Crippen molar-refractivity contribution in [3.8, 4) is 0 Å². The van der Waals surface area contributed by atoms with E-state index in [1.807, 2.05) is 18.7 Å². The lowest BCUT2D eigenvalue weighted by Gasteiger charge is -2.42. The summed E-state index contributed by atoms with van der Waals surface area (Å²) in [6.45, 7) is 11.9. The van der Waals surface area contributed by atoms with E-state index in [0.717, 1.165) is 19.6 Å². The second-order valence-corrected chi connectivity index (χ2v) is 5.76. The average Bonchev–Trinajstić information content (AvgIpc) is 2.41. The number of nitrogens with zero attached hydrogens (tertiary/aromatic N) is 2. The van der Waals surface area contributed by atoms with Crippen molar-refractivity contribution in [1.29, 1.82) is 0 Å². The van der Waals surface area contributed by atoms with Crippen LogP contribution in [0.3, 0.4) is 0 Å². The van der Waals surface area contributed by atoms with Crippen LogP contribution in [-0.2, 0) is 4.79 Å². The molecule has 0 spiro atoms. The van der Waals surface area contributed by atoms with E-state index < -0.39 is 0 Å². The summed E-state index contributed by atoms with van der Waals surface area (Å²) in [7, 11) is 0. The first-order valence-electron chi connectivity index (χ1n) is 7.78. The number of carbonyl (C=O) groups excluding carboxylic acids is 1. The van der Waals surface area contributed by atoms with E-state index in [-0.39, 0.29) is 11.9 Å². The predicted octanol–water partition coefficient (Wildman–Crippen LogP) is 1.69. The van der Waals surface area contributed by atoms with Crippen molar-refractivity contribution in [3.63, 3.8) is 0 Å². The van der Waals surface area contributed by atoms with Crippen LogP contribution in [0.5, 0.6) is 0 Å². The summed E-state index contributed by atoms with van der Waals surface area (Å²) in [5.41, 5.74) is 5.93. The molecular weight excluding hydrogens is 238 g/mol. The predicted molar refractivity (Wildman–Crippen MR) is 80.0 cm³/mol. The van der Waals surface area contributed by atoms with Gasteiger partial charge < -0.3 is 10.6 Å². The molecule has 0 saturated carbocycles. The molecule has 3 atom stereocenters. The SMILES string of the molecule is CCN(CC)C(=O)CC(CN)N1CCCC(C)C1C. The molecule has 1 aliphatic rings. The molecule has 0 aromatic rings. The number of carbonyl (C=O) groups is 1. The van der Waals surface area contributed by atoms with Crippen LogP contribution >= 0.6 is 0 Å². The first kappa shape index (κ1) is 16.4. The average molecular weight is 269 g/mol. The largest absolute Gasteiger partial charge is 0.343 e.